The minimum Gasteiger partial charge on any atom is -0.395 e. The molecule has 0 saturated carbocycles. The normalized spacial score (nSPS) is 23.6. The highest BCUT2D eigenvalue weighted by Gasteiger charge is 2.31. The van der Waals surface area contributed by atoms with E-state index in [0.717, 1.165) is 0 Å². The molecule has 6 nitrogen and oxygen atoms in total. The van der Waals surface area contributed by atoms with Crippen molar-refractivity contribution < 1.29 is 18.3 Å². The van der Waals surface area contributed by atoms with Gasteiger partial charge in [0.1, 0.15) is 0 Å². The molecule has 1 atom stereocenters. The van der Waals surface area contributed by atoms with Crippen LogP contribution in [0.15, 0.2) is 0 Å². The summed E-state index contributed by atoms with van der Waals surface area (Å²) >= 11 is 0. The van der Waals surface area contributed by atoms with Crippen LogP contribution in [-0.2, 0) is 14.6 Å². The lowest BCUT2D eigenvalue weighted by Crippen LogP contribution is -2.41. The van der Waals surface area contributed by atoms with Crippen molar-refractivity contribution in [2.24, 2.45) is 0 Å². The molecule has 0 aromatic carbocycles. The molecule has 1 fully saturated rings. The van der Waals surface area contributed by atoms with Gasteiger partial charge in [-0.1, -0.05) is 0 Å². The van der Waals surface area contributed by atoms with E-state index < -0.39 is 9.84 Å². The van der Waals surface area contributed by atoms with E-state index in [1.54, 1.807) is 11.9 Å². The lowest BCUT2D eigenvalue weighted by Gasteiger charge is -2.22. The molecule has 1 rings (SSSR count). The first-order chi connectivity index (χ1) is 7.44. The van der Waals surface area contributed by atoms with Crippen LogP contribution in [0.1, 0.15) is 6.42 Å². The molecule has 0 bridgehead atoms. The summed E-state index contributed by atoms with van der Waals surface area (Å²) in [5, 5.41) is 11.0. The molecule has 2 N–H and O–H groups in total. The number of nitrogens with one attached hydrogen (secondary N) is 1. The quantitative estimate of drug-likeness (QED) is 0.602. The smallest absolute Gasteiger partial charge is 0.234 e. The molecule has 1 aliphatic rings. The van der Waals surface area contributed by atoms with Gasteiger partial charge >= 0.3 is 0 Å². The maximum Gasteiger partial charge on any atom is 0.234 e. The van der Waals surface area contributed by atoms with Gasteiger partial charge in [-0.25, -0.2) is 8.42 Å². The number of sulfone groups is 1. The summed E-state index contributed by atoms with van der Waals surface area (Å²) in [5.41, 5.74) is 0. The Labute approximate surface area is 95.5 Å². The summed E-state index contributed by atoms with van der Waals surface area (Å²) in [6, 6.07) is -0.0649. The minimum atomic E-state index is -2.91. The van der Waals surface area contributed by atoms with Crippen LogP contribution in [0.3, 0.4) is 0 Å². The van der Waals surface area contributed by atoms with Crippen LogP contribution in [0.5, 0.6) is 0 Å². The van der Waals surface area contributed by atoms with Crippen molar-refractivity contribution in [2.75, 3.05) is 38.2 Å². The monoisotopic (exact) mass is 250 g/mol. The third kappa shape index (κ3) is 4.07. The van der Waals surface area contributed by atoms with Gasteiger partial charge in [-0.3, -0.25) is 9.69 Å². The molecule has 0 aromatic heterocycles. The van der Waals surface area contributed by atoms with Gasteiger partial charge < -0.3 is 10.4 Å². The van der Waals surface area contributed by atoms with Crippen LogP contribution in [0.25, 0.3) is 0 Å². The molecule has 1 unspecified atom stereocenters. The minimum absolute atomic E-state index is 0.0649. The second-order valence-corrected chi connectivity index (χ2v) is 6.27. The molecule has 0 radical (unpaired) electrons. The van der Waals surface area contributed by atoms with Gasteiger partial charge in [0.2, 0.25) is 5.91 Å². The number of rotatable bonds is 5. The summed E-state index contributed by atoms with van der Waals surface area (Å²) in [6.07, 6.45) is 0.589. The Morgan fingerprint density at radius 2 is 2.25 bits per heavy atom. The van der Waals surface area contributed by atoms with Gasteiger partial charge in [0.05, 0.1) is 24.7 Å². The standard InChI is InChI=1S/C9H18N2O4S/c1-11(6-9(13)10-3-4-12)8-2-5-16(14,15)7-8/h8,12H,2-7H2,1H3,(H,10,13). The fourth-order valence-corrected chi connectivity index (χ4v) is 3.54. The van der Waals surface area contributed by atoms with E-state index in [0.29, 0.717) is 6.42 Å². The van der Waals surface area contributed by atoms with E-state index in [9.17, 15) is 13.2 Å². The van der Waals surface area contributed by atoms with E-state index >= 15 is 0 Å². The highest BCUT2D eigenvalue weighted by Crippen LogP contribution is 2.15. The molecule has 1 aliphatic heterocycles. The highest BCUT2D eigenvalue weighted by atomic mass is 32.2. The molecule has 7 heteroatoms. The number of aliphatic hydroxyl groups excluding tert-OH is 1. The Morgan fingerprint density at radius 1 is 1.56 bits per heavy atom. The number of hydrogen-bond donors (Lipinski definition) is 2. The Hall–Kier alpha value is -0.660. The van der Waals surface area contributed by atoms with E-state index in [4.69, 9.17) is 5.11 Å². The lowest BCUT2D eigenvalue weighted by atomic mass is 10.2. The molecule has 94 valence electrons. The van der Waals surface area contributed by atoms with E-state index in [1.807, 2.05) is 0 Å². The van der Waals surface area contributed by atoms with E-state index in [1.165, 1.54) is 0 Å². The van der Waals surface area contributed by atoms with Crippen LogP contribution in [0.2, 0.25) is 0 Å². The molecule has 16 heavy (non-hydrogen) atoms. The summed E-state index contributed by atoms with van der Waals surface area (Å²) in [5.74, 6) is 0.151. The number of hydrogen-bond acceptors (Lipinski definition) is 5. The van der Waals surface area contributed by atoms with Crippen molar-refractivity contribution >= 4 is 15.7 Å². The maximum absolute atomic E-state index is 11.3. The molecular weight excluding hydrogens is 232 g/mol. The Bertz CT molecular complexity index is 341. The maximum atomic E-state index is 11.3. The predicted octanol–water partition coefficient (Wildman–Crippen LogP) is -1.79. The van der Waals surface area contributed by atoms with Crippen molar-refractivity contribution in [3.63, 3.8) is 0 Å². The van der Waals surface area contributed by atoms with Gasteiger partial charge in [0.25, 0.3) is 0 Å². The van der Waals surface area contributed by atoms with Crippen LogP contribution in [0, 0.1) is 0 Å². The van der Waals surface area contributed by atoms with Gasteiger partial charge in [-0.2, -0.15) is 0 Å². The van der Waals surface area contributed by atoms with Crippen LogP contribution < -0.4 is 5.32 Å². The predicted molar refractivity (Wildman–Crippen MR) is 59.8 cm³/mol. The van der Waals surface area contributed by atoms with Gasteiger partial charge in [-0.05, 0) is 13.5 Å². The molecule has 0 aliphatic carbocycles. The molecule has 1 amide bonds. The molecule has 1 saturated heterocycles. The number of carbonyl (C=O) groups excluding carboxylic acids is 1. The number of amides is 1. The Balaban J connectivity index is 2.36. The van der Waals surface area contributed by atoms with Crippen molar-refractivity contribution in [1.29, 1.82) is 0 Å². The number of carbonyl (C=O) groups is 1. The molecule has 0 aromatic rings. The second kappa shape index (κ2) is 5.60. The van der Waals surface area contributed by atoms with E-state index in [2.05, 4.69) is 5.32 Å². The Morgan fingerprint density at radius 3 is 2.75 bits per heavy atom. The van der Waals surface area contributed by atoms with E-state index in [-0.39, 0.29) is 43.2 Å². The summed E-state index contributed by atoms with van der Waals surface area (Å²) in [7, 11) is -1.17. The average Bonchev–Trinajstić information content (AvgIpc) is 2.56. The van der Waals surface area contributed by atoms with Crippen molar-refractivity contribution in [3.05, 3.63) is 0 Å². The summed E-state index contributed by atoms with van der Waals surface area (Å²) < 4.78 is 22.5. The van der Waals surface area contributed by atoms with Crippen molar-refractivity contribution in [1.82, 2.24) is 10.2 Å². The van der Waals surface area contributed by atoms with Crippen molar-refractivity contribution in [3.8, 4) is 0 Å². The first-order valence-electron chi connectivity index (χ1n) is 5.23. The first-order valence-corrected chi connectivity index (χ1v) is 7.05. The third-order valence-corrected chi connectivity index (χ3v) is 4.41. The highest BCUT2D eigenvalue weighted by molar-refractivity contribution is 7.91. The molecular formula is C9H18N2O4S. The van der Waals surface area contributed by atoms with Crippen LogP contribution in [-0.4, -0.2) is 68.6 Å². The molecule has 1 heterocycles. The van der Waals surface area contributed by atoms with Crippen molar-refractivity contribution in [2.45, 2.75) is 12.5 Å². The number of likely N-dealkylation sites (N-methyl/N-ethyl adjacent to an activating group) is 1. The fourth-order valence-electron chi connectivity index (χ4n) is 1.73. The third-order valence-electron chi connectivity index (χ3n) is 2.66. The van der Waals surface area contributed by atoms with Crippen LogP contribution in [0.4, 0.5) is 0 Å². The Kier molecular flexibility index (Phi) is 4.69. The zero-order valence-electron chi connectivity index (χ0n) is 9.35. The summed E-state index contributed by atoms with van der Waals surface area (Å²) in [4.78, 5) is 13.1. The molecule has 0 spiro atoms. The summed E-state index contributed by atoms with van der Waals surface area (Å²) in [6.45, 7) is 0.309. The zero-order valence-corrected chi connectivity index (χ0v) is 10.2. The number of nitrogens with zero attached hydrogens (tertiary/aromatic N) is 1. The second-order valence-electron chi connectivity index (χ2n) is 4.05. The average molecular weight is 250 g/mol. The number of aliphatic hydroxyl groups is 1. The SMILES string of the molecule is CN(CC(=O)NCCO)C1CCS(=O)(=O)C1. The fraction of sp³-hybridized carbons (Fsp3) is 0.889. The van der Waals surface area contributed by atoms with Gasteiger partial charge in [0, 0.05) is 12.6 Å². The van der Waals surface area contributed by atoms with Crippen LogP contribution >= 0.6 is 0 Å². The first kappa shape index (κ1) is 13.4. The van der Waals surface area contributed by atoms with Gasteiger partial charge in [0.15, 0.2) is 9.84 Å². The zero-order chi connectivity index (χ0) is 12.2. The lowest BCUT2D eigenvalue weighted by molar-refractivity contribution is -0.122. The largest absolute Gasteiger partial charge is 0.395 e. The topological polar surface area (TPSA) is 86.7 Å². The van der Waals surface area contributed by atoms with Gasteiger partial charge in [-0.15, -0.1) is 0 Å².